The largest absolute Gasteiger partial charge is 0.457 e. The number of oxime groups is 1. The molecule has 0 saturated carbocycles. The Labute approximate surface area is 199 Å². The van der Waals surface area contributed by atoms with E-state index < -0.39 is 23.5 Å². The maximum absolute atomic E-state index is 12.9. The summed E-state index contributed by atoms with van der Waals surface area (Å²) in [7, 11) is 0. The molecule has 1 aromatic heterocycles. The number of rotatable bonds is 8. The van der Waals surface area contributed by atoms with Crippen LogP contribution in [-0.2, 0) is 24.0 Å². The standard InChI is InChI=1S/C21H25N5O5S2/c1-5-12-9-26-18(29)16(19(26)32-10-12)24-17(28)15(13-11-33-20(22)23-13)25-30-8-6-7-14(27)31-21(2,3)4/h5-7,9,11,16,19H,1,8,10H2,2-4H3,(H2,22,23)(H,24,28)/b7-6+,25-15?/t16?,19-/m0/s1. The number of aromatic nitrogens is 1. The van der Waals surface area contributed by atoms with E-state index >= 15 is 0 Å². The predicted molar refractivity (Wildman–Crippen MR) is 127 cm³/mol. The quantitative estimate of drug-likeness (QED) is 0.140. The highest BCUT2D eigenvalue weighted by molar-refractivity contribution is 8.00. The van der Waals surface area contributed by atoms with Crippen molar-refractivity contribution in [1.29, 1.82) is 0 Å². The number of nitrogens with zero attached hydrogens (tertiary/aromatic N) is 3. The van der Waals surface area contributed by atoms with E-state index in [4.69, 9.17) is 15.3 Å². The first-order valence-corrected chi connectivity index (χ1v) is 11.9. The second-order valence-corrected chi connectivity index (χ2v) is 10.0. The number of nitrogens with one attached hydrogen (secondary N) is 1. The highest BCUT2D eigenvalue weighted by atomic mass is 32.2. The molecule has 0 radical (unpaired) electrons. The van der Waals surface area contributed by atoms with Crippen LogP contribution < -0.4 is 11.1 Å². The Morgan fingerprint density at radius 1 is 1.45 bits per heavy atom. The molecular formula is C21H25N5O5S2. The van der Waals surface area contributed by atoms with E-state index in [0.717, 1.165) is 16.9 Å². The van der Waals surface area contributed by atoms with E-state index in [1.54, 1.807) is 43.3 Å². The molecule has 10 nitrogen and oxygen atoms in total. The monoisotopic (exact) mass is 491 g/mol. The highest BCUT2D eigenvalue weighted by Gasteiger charge is 2.49. The zero-order valence-corrected chi connectivity index (χ0v) is 20.1. The first-order chi connectivity index (χ1) is 15.6. The summed E-state index contributed by atoms with van der Waals surface area (Å²) in [6.45, 7) is 8.92. The lowest BCUT2D eigenvalue weighted by Gasteiger charge is -2.47. The minimum absolute atomic E-state index is 0.0839. The minimum Gasteiger partial charge on any atom is -0.457 e. The molecule has 33 heavy (non-hydrogen) atoms. The van der Waals surface area contributed by atoms with Crippen LogP contribution in [0.2, 0.25) is 0 Å². The van der Waals surface area contributed by atoms with Crippen LogP contribution in [0.1, 0.15) is 26.5 Å². The number of nitrogens with two attached hydrogens (primary N) is 1. The molecule has 2 aliphatic heterocycles. The van der Waals surface area contributed by atoms with Gasteiger partial charge >= 0.3 is 5.97 Å². The minimum atomic E-state index is -0.696. The van der Waals surface area contributed by atoms with Gasteiger partial charge in [-0.25, -0.2) is 9.78 Å². The normalized spacial score (nSPS) is 20.6. The maximum Gasteiger partial charge on any atom is 0.331 e. The highest BCUT2D eigenvalue weighted by Crippen LogP contribution is 2.36. The van der Waals surface area contributed by atoms with Gasteiger partial charge < -0.3 is 25.5 Å². The van der Waals surface area contributed by atoms with Gasteiger partial charge in [0.2, 0.25) is 0 Å². The van der Waals surface area contributed by atoms with Crippen LogP contribution >= 0.6 is 23.1 Å². The number of anilines is 1. The van der Waals surface area contributed by atoms with Crippen molar-refractivity contribution in [2.75, 3.05) is 18.1 Å². The molecule has 176 valence electrons. The van der Waals surface area contributed by atoms with Crippen molar-refractivity contribution in [3.63, 3.8) is 0 Å². The van der Waals surface area contributed by atoms with Gasteiger partial charge in [-0.2, -0.15) is 0 Å². The molecular weight excluding hydrogens is 466 g/mol. The number of β-lactam (4-membered cyclic amide) rings is 1. The van der Waals surface area contributed by atoms with Gasteiger partial charge in [-0.15, -0.1) is 23.1 Å². The summed E-state index contributed by atoms with van der Waals surface area (Å²) in [6, 6.07) is -0.696. The lowest BCUT2D eigenvalue weighted by Crippen LogP contribution is -2.69. The van der Waals surface area contributed by atoms with E-state index in [1.807, 2.05) is 0 Å². The number of fused-ring (bicyclic) bond motifs is 1. The molecule has 1 unspecified atom stereocenters. The fourth-order valence-electron chi connectivity index (χ4n) is 2.88. The molecule has 0 spiro atoms. The van der Waals surface area contributed by atoms with Crippen molar-refractivity contribution >= 4 is 51.7 Å². The molecule has 12 heteroatoms. The first kappa shape index (κ1) is 24.5. The number of hydrogen-bond acceptors (Lipinski definition) is 10. The Hall–Kier alpha value is -3.12. The fourth-order valence-corrected chi connectivity index (χ4v) is 4.68. The Balaban J connectivity index is 1.64. The van der Waals surface area contributed by atoms with Gasteiger partial charge in [0.1, 0.15) is 29.3 Å². The molecule has 0 aromatic carbocycles. The molecule has 2 atom stereocenters. The predicted octanol–water partition coefficient (Wildman–Crippen LogP) is 1.81. The summed E-state index contributed by atoms with van der Waals surface area (Å²) in [5.41, 5.74) is 6.13. The Kier molecular flexibility index (Phi) is 7.59. The smallest absolute Gasteiger partial charge is 0.331 e. The molecule has 3 rings (SSSR count). The van der Waals surface area contributed by atoms with Crippen molar-refractivity contribution in [3.8, 4) is 0 Å². The van der Waals surface area contributed by atoms with Crippen LogP contribution in [0.25, 0.3) is 0 Å². The molecule has 3 N–H and O–H groups in total. The number of ether oxygens (including phenoxy) is 1. The summed E-state index contributed by atoms with van der Waals surface area (Å²) >= 11 is 2.68. The van der Waals surface area contributed by atoms with Gasteiger partial charge in [0.05, 0.1) is 0 Å². The summed E-state index contributed by atoms with van der Waals surface area (Å²) in [5, 5.41) is 8.20. The van der Waals surface area contributed by atoms with Crippen LogP contribution in [0.15, 0.2) is 47.1 Å². The van der Waals surface area contributed by atoms with E-state index in [2.05, 4.69) is 22.0 Å². The Morgan fingerprint density at radius 2 is 2.21 bits per heavy atom. The lowest BCUT2D eigenvalue weighted by molar-refractivity contribution is -0.148. The van der Waals surface area contributed by atoms with Gasteiger partial charge in [-0.3, -0.25) is 9.59 Å². The number of amides is 2. The third-order valence-corrected chi connectivity index (χ3v) is 6.34. The third-order valence-electron chi connectivity index (χ3n) is 4.32. The number of carbonyl (C=O) groups is 3. The molecule has 2 aliphatic rings. The van der Waals surface area contributed by atoms with Gasteiger partial charge in [0.25, 0.3) is 11.8 Å². The molecule has 3 heterocycles. The fraction of sp³-hybridized carbons (Fsp3) is 0.381. The molecule has 1 saturated heterocycles. The van der Waals surface area contributed by atoms with Crippen molar-refractivity contribution in [1.82, 2.24) is 15.2 Å². The van der Waals surface area contributed by atoms with E-state index in [1.165, 1.54) is 23.9 Å². The van der Waals surface area contributed by atoms with Crippen LogP contribution in [0.4, 0.5) is 5.13 Å². The maximum atomic E-state index is 12.9. The van der Waals surface area contributed by atoms with Crippen molar-refractivity contribution in [2.24, 2.45) is 5.16 Å². The van der Waals surface area contributed by atoms with Crippen LogP contribution in [0.3, 0.4) is 0 Å². The molecule has 2 amide bonds. The zero-order valence-electron chi connectivity index (χ0n) is 18.4. The van der Waals surface area contributed by atoms with E-state index in [0.29, 0.717) is 5.75 Å². The van der Waals surface area contributed by atoms with E-state index in [9.17, 15) is 14.4 Å². The Morgan fingerprint density at radius 3 is 2.85 bits per heavy atom. The number of hydrogen-bond donors (Lipinski definition) is 2. The zero-order chi connectivity index (χ0) is 24.2. The van der Waals surface area contributed by atoms with Crippen molar-refractivity contribution in [2.45, 2.75) is 37.8 Å². The number of thioether (sulfide) groups is 1. The summed E-state index contributed by atoms with van der Waals surface area (Å²) in [6.07, 6.45) is 6.08. The van der Waals surface area contributed by atoms with Gasteiger partial charge in [0.15, 0.2) is 10.8 Å². The van der Waals surface area contributed by atoms with Gasteiger partial charge in [-0.05, 0) is 32.4 Å². The topological polar surface area (TPSA) is 136 Å². The number of allylic oxidation sites excluding steroid dienone is 1. The van der Waals surface area contributed by atoms with Gasteiger partial charge in [-0.1, -0.05) is 17.8 Å². The average molecular weight is 492 g/mol. The van der Waals surface area contributed by atoms with Crippen LogP contribution in [-0.4, -0.2) is 62.8 Å². The number of nitrogen functional groups attached to an aromatic ring is 1. The number of carbonyl (C=O) groups excluding carboxylic acids is 3. The summed E-state index contributed by atoms with van der Waals surface area (Å²) in [5.74, 6) is -0.667. The molecule has 0 aliphatic carbocycles. The lowest BCUT2D eigenvalue weighted by atomic mass is 10.1. The molecule has 1 fully saturated rings. The summed E-state index contributed by atoms with van der Waals surface area (Å²) < 4.78 is 5.15. The molecule has 0 bridgehead atoms. The Bertz CT molecular complexity index is 1040. The van der Waals surface area contributed by atoms with Gasteiger partial charge in [0, 0.05) is 23.4 Å². The number of thiazole rings is 1. The second-order valence-electron chi connectivity index (χ2n) is 8.05. The first-order valence-electron chi connectivity index (χ1n) is 9.97. The van der Waals surface area contributed by atoms with E-state index in [-0.39, 0.29) is 34.4 Å². The SMILES string of the molecule is C=CC1=CN2C(=O)C(NC(=O)C(=NOC/C=C/C(=O)OC(C)(C)C)c3csc(N)n3)[C@@H]2SC1. The van der Waals surface area contributed by atoms with Crippen molar-refractivity contribution in [3.05, 3.63) is 47.7 Å². The van der Waals surface area contributed by atoms with Crippen LogP contribution in [0, 0.1) is 0 Å². The number of esters is 1. The second kappa shape index (κ2) is 10.2. The third kappa shape index (κ3) is 6.23. The van der Waals surface area contributed by atoms with Crippen molar-refractivity contribution < 1.29 is 24.0 Å². The molecule has 1 aromatic rings. The average Bonchev–Trinajstić information content (AvgIpc) is 3.18. The van der Waals surface area contributed by atoms with Crippen LogP contribution in [0.5, 0.6) is 0 Å². The summed E-state index contributed by atoms with van der Waals surface area (Å²) in [4.78, 5) is 48.0.